The van der Waals surface area contributed by atoms with E-state index in [-0.39, 0.29) is 5.82 Å². The predicted octanol–water partition coefficient (Wildman–Crippen LogP) is 0.693. The summed E-state index contributed by atoms with van der Waals surface area (Å²) < 4.78 is 14.9. The van der Waals surface area contributed by atoms with Gasteiger partial charge >= 0.3 is 0 Å². The lowest BCUT2D eigenvalue weighted by Crippen LogP contribution is -2.08. The van der Waals surface area contributed by atoms with Gasteiger partial charge in [-0.25, -0.2) is 4.39 Å². The number of benzene rings is 1. The molecule has 0 unspecified atom stereocenters. The number of hydrogen-bond donors (Lipinski definition) is 1. The van der Waals surface area contributed by atoms with E-state index in [1.165, 1.54) is 10.7 Å². The molecule has 0 bridgehead atoms. The molecule has 1 heterocycles. The minimum absolute atomic E-state index is 0.344. The van der Waals surface area contributed by atoms with E-state index >= 15 is 0 Å². The Bertz CT molecular complexity index is 468. The molecule has 2 rings (SSSR count). The predicted molar refractivity (Wildman–Crippen MR) is 56.5 cm³/mol. The lowest BCUT2D eigenvalue weighted by molar-refractivity contribution is 0.600. The van der Waals surface area contributed by atoms with Gasteiger partial charge in [0.2, 0.25) is 0 Å². The Morgan fingerprint density at radius 1 is 1.31 bits per heavy atom. The monoisotopic (exact) mass is 221 g/mol. The Balaban J connectivity index is 2.33. The van der Waals surface area contributed by atoms with Crippen LogP contribution in [0.5, 0.6) is 0 Å². The van der Waals surface area contributed by atoms with Crippen molar-refractivity contribution in [2.75, 3.05) is 6.54 Å². The highest BCUT2D eigenvalue weighted by atomic mass is 19.1. The number of hydrogen-bond acceptors (Lipinski definition) is 4. The molecule has 0 saturated heterocycles. The maximum absolute atomic E-state index is 13.5. The number of aryl methyl sites for hydroxylation is 1. The average Bonchev–Trinajstić information content (AvgIpc) is 2.75. The van der Waals surface area contributed by atoms with Crippen molar-refractivity contribution in [3.05, 3.63) is 35.9 Å². The molecule has 84 valence electrons. The molecule has 0 atom stereocenters. The van der Waals surface area contributed by atoms with Crippen molar-refractivity contribution in [1.82, 2.24) is 20.2 Å². The summed E-state index contributed by atoms with van der Waals surface area (Å²) in [6.07, 6.45) is 1.41. The van der Waals surface area contributed by atoms with Gasteiger partial charge in [-0.15, -0.1) is 5.10 Å². The summed E-state index contributed by atoms with van der Waals surface area (Å²) in [6, 6.07) is 6.39. The molecule has 0 fully saturated rings. The largest absolute Gasteiger partial charge is 0.330 e. The van der Waals surface area contributed by atoms with Crippen LogP contribution in [0, 0.1) is 5.82 Å². The van der Waals surface area contributed by atoms with E-state index in [2.05, 4.69) is 15.5 Å². The van der Waals surface area contributed by atoms with Gasteiger partial charge in [0.25, 0.3) is 0 Å². The van der Waals surface area contributed by atoms with E-state index in [1.54, 1.807) is 18.2 Å². The maximum atomic E-state index is 13.5. The number of rotatable bonds is 4. The first-order valence-corrected chi connectivity index (χ1v) is 5.05. The molecule has 0 aliphatic heterocycles. The molecule has 2 N–H and O–H groups in total. The van der Waals surface area contributed by atoms with E-state index in [0.717, 1.165) is 6.42 Å². The molecule has 0 radical (unpaired) electrons. The summed E-state index contributed by atoms with van der Waals surface area (Å²) in [7, 11) is 0. The third kappa shape index (κ3) is 2.06. The van der Waals surface area contributed by atoms with Crippen LogP contribution in [0.2, 0.25) is 0 Å². The summed E-state index contributed by atoms with van der Waals surface area (Å²) >= 11 is 0. The standard InChI is InChI=1S/C10H12FN5/c11-8-4-1-2-5-9(8)16-10(6-3-7-12)13-14-15-16/h1-2,4-5H,3,6-7,12H2. The van der Waals surface area contributed by atoms with Crippen LogP contribution in [0.4, 0.5) is 4.39 Å². The SMILES string of the molecule is NCCCc1nnnn1-c1ccccc1F. The number of aromatic nitrogens is 4. The molecule has 0 spiro atoms. The van der Waals surface area contributed by atoms with E-state index < -0.39 is 0 Å². The first kappa shape index (κ1) is 10.7. The van der Waals surface area contributed by atoms with Gasteiger partial charge in [-0.3, -0.25) is 0 Å². The fourth-order valence-electron chi connectivity index (χ4n) is 1.43. The summed E-state index contributed by atoms with van der Waals surface area (Å²) in [5.41, 5.74) is 5.77. The van der Waals surface area contributed by atoms with E-state index in [9.17, 15) is 4.39 Å². The Kier molecular flexibility index (Phi) is 3.21. The van der Waals surface area contributed by atoms with Crippen molar-refractivity contribution in [3.63, 3.8) is 0 Å². The third-order valence-electron chi connectivity index (χ3n) is 2.22. The van der Waals surface area contributed by atoms with Crippen LogP contribution in [-0.4, -0.2) is 26.8 Å². The van der Waals surface area contributed by atoms with Gasteiger partial charge in [0.05, 0.1) is 0 Å². The summed E-state index contributed by atoms with van der Waals surface area (Å²) in [4.78, 5) is 0. The highest BCUT2D eigenvalue weighted by molar-refractivity contribution is 5.32. The summed E-state index contributed by atoms with van der Waals surface area (Å²) in [6.45, 7) is 0.560. The second-order valence-corrected chi connectivity index (χ2v) is 3.35. The molecule has 0 amide bonds. The number of para-hydroxylation sites is 1. The zero-order chi connectivity index (χ0) is 11.4. The average molecular weight is 221 g/mol. The highest BCUT2D eigenvalue weighted by Gasteiger charge is 2.10. The van der Waals surface area contributed by atoms with Crippen LogP contribution < -0.4 is 5.73 Å². The number of nitrogens with zero attached hydrogens (tertiary/aromatic N) is 4. The maximum Gasteiger partial charge on any atom is 0.156 e. The molecule has 5 nitrogen and oxygen atoms in total. The molecule has 16 heavy (non-hydrogen) atoms. The fourth-order valence-corrected chi connectivity index (χ4v) is 1.43. The zero-order valence-electron chi connectivity index (χ0n) is 8.67. The number of nitrogens with two attached hydrogens (primary N) is 1. The Hall–Kier alpha value is -1.82. The highest BCUT2D eigenvalue weighted by Crippen LogP contribution is 2.12. The van der Waals surface area contributed by atoms with Crippen molar-refractivity contribution in [3.8, 4) is 5.69 Å². The molecule has 0 saturated carbocycles. The lowest BCUT2D eigenvalue weighted by atomic mass is 10.2. The van der Waals surface area contributed by atoms with Crippen molar-refractivity contribution in [2.45, 2.75) is 12.8 Å². The van der Waals surface area contributed by atoms with Gasteiger partial charge in [0, 0.05) is 6.42 Å². The van der Waals surface area contributed by atoms with Crippen LogP contribution in [0.1, 0.15) is 12.2 Å². The number of tetrazole rings is 1. The van der Waals surface area contributed by atoms with Crippen molar-refractivity contribution in [1.29, 1.82) is 0 Å². The van der Waals surface area contributed by atoms with Crippen LogP contribution in [0.3, 0.4) is 0 Å². The molecule has 2 aromatic rings. The van der Waals surface area contributed by atoms with Crippen LogP contribution in [-0.2, 0) is 6.42 Å². The van der Waals surface area contributed by atoms with Crippen molar-refractivity contribution in [2.24, 2.45) is 5.73 Å². The molecule has 0 aliphatic carbocycles. The van der Waals surface area contributed by atoms with E-state index in [1.807, 2.05) is 0 Å². The van der Waals surface area contributed by atoms with Crippen LogP contribution in [0.25, 0.3) is 5.69 Å². The quantitative estimate of drug-likeness (QED) is 0.824. The summed E-state index contributed by atoms with van der Waals surface area (Å²) in [5.74, 6) is 0.277. The van der Waals surface area contributed by atoms with Gasteiger partial charge in [0.15, 0.2) is 5.82 Å². The van der Waals surface area contributed by atoms with E-state index in [0.29, 0.717) is 24.5 Å². The minimum atomic E-state index is -0.344. The van der Waals surface area contributed by atoms with E-state index in [4.69, 9.17) is 5.73 Å². The van der Waals surface area contributed by atoms with Crippen LogP contribution in [0.15, 0.2) is 24.3 Å². The molecule has 6 heteroatoms. The van der Waals surface area contributed by atoms with Crippen LogP contribution >= 0.6 is 0 Å². The molecule has 1 aromatic heterocycles. The first-order chi connectivity index (χ1) is 7.83. The third-order valence-corrected chi connectivity index (χ3v) is 2.22. The smallest absolute Gasteiger partial charge is 0.156 e. The summed E-state index contributed by atoms with van der Waals surface area (Å²) in [5, 5.41) is 11.2. The van der Waals surface area contributed by atoms with Gasteiger partial charge < -0.3 is 5.73 Å². The second kappa shape index (κ2) is 4.80. The topological polar surface area (TPSA) is 69.6 Å². The fraction of sp³-hybridized carbons (Fsp3) is 0.300. The first-order valence-electron chi connectivity index (χ1n) is 5.05. The Labute approximate surface area is 92.1 Å². The second-order valence-electron chi connectivity index (χ2n) is 3.35. The Morgan fingerprint density at radius 3 is 2.88 bits per heavy atom. The van der Waals surface area contributed by atoms with Gasteiger partial charge in [0.1, 0.15) is 11.5 Å². The Morgan fingerprint density at radius 2 is 2.12 bits per heavy atom. The van der Waals surface area contributed by atoms with Crippen molar-refractivity contribution < 1.29 is 4.39 Å². The molecular formula is C10H12FN5. The zero-order valence-corrected chi connectivity index (χ0v) is 8.67. The number of halogens is 1. The van der Waals surface area contributed by atoms with Gasteiger partial charge in [-0.2, -0.15) is 4.68 Å². The lowest BCUT2D eigenvalue weighted by Gasteiger charge is -2.04. The normalized spacial score (nSPS) is 10.6. The molecule has 0 aliphatic rings. The van der Waals surface area contributed by atoms with Crippen molar-refractivity contribution >= 4 is 0 Å². The van der Waals surface area contributed by atoms with Gasteiger partial charge in [-0.05, 0) is 35.5 Å². The minimum Gasteiger partial charge on any atom is -0.330 e. The van der Waals surface area contributed by atoms with Gasteiger partial charge in [-0.1, -0.05) is 12.1 Å². The molecular weight excluding hydrogens is 209 g/mol. The molecule has 1 aromatic carbocycles.